The number of hydrogen-bond donors (Lipinski definition) is 1. The zero-order valence-electron chi connectivity index (χ0n) is 10.3. The summed E-state index contributed by atoms with van der Waals surface area (Å²) in [5.41, 5.74) is -0.694. The van der Waals surface area contributed by atoms with E-state index in [0.29, 0.717) is 0 Å². The first-order valence-electron chi connectivity index (χ1n) is 5.68. The second-order valence-corrected chi connectivity index (χ2v) is 4.23. The van der Waals surface area contributed by atoms with Gasteiger partial charge in [-0.1, -0.05) is 13.8 Å². The minimum Gasteiger partial charge on any atom is -0.317 e. The molecular formula is C11H18F3N3. The van der Waals surface area contributed by atoms with Crippen molar-refractivity contribution < 1.29 is 13.2 Å². The third kappa shape index (κ3) is 3.73. The van der Waals surface area contributed by atoms with Gasteiger partial charge in [-0.05, 0) is 25.9 Å². The van der Waals surface area contributed by atoms with Crippen LogP contribution in [0.3, 0.4) is 0 Å². The highest BCUT2D eigenvalue weighted by molar-refractivity contribution is 5.08. The maximum atomic E-state index is 12.4. The van der Waals surface area contributed by atoms with E-state index in [0.717, 1.165) is 25.5 Å². The van der Waals surface area contributed by atoms with E-state index in [4.69, 9.17) is 0 Å². The van der Waals surface area contributed by atoms with Crippen LogP contribution in [0.4, 0.5) is 13.2 Å². The SMILES string of the molecule is CCNCC(C)C(C)n1cc(C(F)(F)F)cn1. The van der Waals surface area contributed by atoms with Gasteiger partial charge in [-0.25, -0.2) is 0 Å². The van der Waals surface area contributed by atoms with Gasteiger partial charge >= 0.3 is 6.18 Å². The first-order valence-corrected chi connectivity index (χ1v) is 5.68. The van der Waals surface area contributed by atoms with Crippen LogP contribution in [0.2, 0.25) is 0 Å². The molecule has 0 aliphatic carbocycles. The Labute approximate surface area is 99.0 Å². The maximum Gasteiger partial charge on any atom is 0.419 e. The first kappa shape index (κ1) is 14.0. The molecule has 2 unspecified atom stereocenters. The van der Waals surface area contributed by atoms with Gasteiger partial charge in [0.25, 0.3) is 0 Å². The molecular weight excluding hydrogens is 231 g/mol. The fourth-order valence-corrected chi connectivity index (χ4v) is 1.51. The fourth-order valence-electron chi connectivity index (χ4n) is 1.51. The van der Waals surface area contributed by atoms with Crippen LogP contribution in [0.5, 0.6) is 0 Å². The van der Waals surface area contributed by atoms with Crippen molar-refractivity contribution in [3.63, 3.8) is 0 Å². The second kappa shape index (κ2) is 5.53. The topological polar surface area (TPSA) is 29.9 Å². The highest BCUT2D eigenvalue weighted by atomic mass is 19.4. The molecule has 1 N–H and O–H groups in total. The Morgan fingerprint density at radius 2 is 2.06 bits per heavy atom. The van der Waals surface area contributed by atoms with Crippen LogP contribution in [0, 0.1) is 5.92 Å². The molecule has 0 spiro atoms. The van der Waals surface area contributed by atoms with Crippen molar-refractivity contribution in [1.29, 1.82) is 0 Å². The third-order valence-corrected chi connectivity index (χ3v) is 2.89. The molecule has 98 valence electrons. The number of rotatable bonds is 5. The predicted octanol–water partition coefficient (Wildman–Crippen LogP) is 2.71. The molecule has 0 amide bonds. The lowest BCUT2D eigenvalue weighted by Crippen LogP contribution is -2.26. The zero-order chi connectivity index (χ0) is 13.1. The van der Waals surface area contributed by atoms with E-state index in [1.54, 1.807) is 0 Å². The van der Waals surface area contributed by atoms with Crippen molar-refractivity contribution in [3.05, 3.63) is 18.0 Å². The molecule has 1 aromatic rings. The van der Waals surface area contributed by atoms with Crippen LogP contribution < -0.4 is 5.32 Å². The third-order valence-electron chi connectivity index (χ3n) is 2.89. The summed E-state index contributed by atoms with van der Waals surface area (Å²) in [5.74, 6) is 0.218. The van der Waals surface area contributed by atoms with Gasteiger partial charge in [0.1, 0.15) is 0 Å². The van der Waals surface area contributed by atoms with E-state index in [1.807, 2.05) is 20.8 Å². The average Bonchev–Trinajstić information content (AvgIpc) is 2.73. The van der Waals surface area contributed by atoms with E-state index < -0.39 is 11.7 Å². The summed E-state index contributed by atoms with van der Waals surface area (Å²) < 4.78 is 38.6. The summed E-state index contributed by atoms with van der Waals surface area (Å²) in [6.07, 6.45) is -2.38. The lowest BCUT2D eigenvalue weighted by atomic mass is 10.0. The van der Waals surface area contributed by atoms with Gasteiger partial charge in [0.15, 0.2) is 0 Å². The maximum absolute atomic E-state index is 12.4. The quantitative estimate of drug-likeness (QED) is 0.869. The molecule has 17 heavy (non-hydrogen) atoms. The molecule has 6 heteroatoms. The summed E-state index contributed by atoms with van der Waals surface area (Å²) in [4.78, 5) is 0. The van der Waals surface area contributed by atoms with Crippen LogP contribution in [0.15, 0.2) is 12.4 Å². The lowest BCUT2D eigenvalue weighted by Gasteiger charge is -2.20. The lowest BCUT2D eigenvalue weighted by molar-refractivity contribution is -0.137. The van der Waals surface area contributed by atoms with E-state index in [2.05, 4.69) is 10.4 Å². The van der Waals surface area contributed by atoms with E-state index >= 15 is 0 Å². The molecule has 0 bridgehead atoms. The Hall–Kier alpha value is -1.04. The largest absolute Gasteiger partial charge is 0.419 e. The van der Waals surface area contributed by atoms with Crippen LogP contribution in [-0.2, 0) is 6.18 Å². The zero-order valence-corrected chi connectivity index (χ0v) is 10.3. The minimum atomic E-state index is -4.32. The monoisotopic (exact) mass is 249 g/mol. The van der Waals surface area contributed by atoms with Crippen molar-refractivity contribution >= 4 is 0 Å². The van der Waals surface area contributed by atoms with Gasteiger partial charge in [-0.2, -0.15) is 18.3 Å². The van der Waals surface area contributed by atoms with Gasteiger partial charge in [0.05, 0.1) is 17.8 Å². The highest BCUT2D eigenvalue weighted by Crippen LogP contribution is 2.29. The number of alkyl halides is 3. The molecule has 0 radical (unpaired) electrons. The molecule has 3 nitrogen and oxygen atoms in total. The average molecular weight is 249 g/mol. The van der Waals surface area contributed by atoms with Gasteiger partial charge in [0, 0.05) is 6.20 Å². The summed E-state index contributed by atoms with van der Waals surface area (Å²) >= 11 is 0. The Kier molecular flexibility index (Phi) is 4.56. The van der Waals surface area contributed by atoms with Crippen LogP contribution in [-0.4, -0.2) is 22.9 Å². The Morgan fingerprint density at radius 1 is 1.41 bits per heavy atom. The predicted molar refractivity (Wildman–Crippen MR) is 59.6 cm³/mol. The number of aromatic nitrogens is 2. The molecule has 2 atom stereocenters. The number of halogens is 3. The first-order chi connectivity index (χ1) is 7.86. The second-order valence-electron chi connectivity index (χ2n) is 4.23. The summed E-state index contributed by atoms with van der Waals surface area (Å²) in [6.45, 7) is 7.47. The van der Waals surface area contributed by atoms with Crippen molar-refractivity contribution in [2.75, 3.05) is 13.1 Å². The Balaban J connectivity index is 2.69. The molecule has 1 heterocycles. The minimum absolute atomic E-state index is 0.0647. The van der Waals surface area contributed by atoms with E-state index in [1.165, 1.54) is 4.68 Å². The van der Waals surface area contributed by atoms with Gasteiger partial charge in [-0.15, -0.1) is 0 Å². The summed E-state index contributed by atoms with van der Waals surface area (Å²) in [6, 6.07) is -0.0647. The number of hydrogen-bond acceptors (Lipinski definition) is 2. The van der Waals surface area contributed by atoms with Crippen molar-refractivity contribution in [3.8, 4) is 0 Å². The molecule has 0 saturated heterocycles. The van der Waals surface area contributed by atoms with Crippen molar-refractivity contribution in [1.82, 2.24) is 15.1 Å². The van der Waals surface area contributed by atoms with Crippen LogP contribution >= 0.6 is 0 Å². The summed E-state index contributed by atoms with van der Waals surface area (Å²) in [7, 11) is 0. The van der Waals surface area contributed by atoms with Gasteiger partial charge in [0.2, 0.25) is 0 Å². The highest BCUT2D eigenvalue weighted by Gasteiger charge is 2.32. The van der Waals surface area contributed by atoms with Crippen molar-refractivity contribution in [2.45, 2.75) is 33.0 Å². The normalized spacial score (nSPS) is 15.9. The summed E-state index contributed by atoms with van der Waals surface area (Å²) in [5, 5.41) is 6.95. The molecule has 0 aliphatic heterocycles. The molecule has 1 aromatic heterocycles. The Morgan fingerprint density at radius 3 is 2.53 bits per heavy atom. The number of nitrogens with one attached hydrogen (secondary N) is 1. The molecule has 0 fully saturated rings. The van der Waals surface area contributed by atoms with E-state index in [-0.39, 0.29) is 12.0 Å². The van der Waals surface area contributed by atoms with Crippen LogP contribution in [0.1, 0.15) is 32.4 Å². The standard InChI is InChI=1S/C11H18F3N3/c1-4-15-5-8(2)9(3)17-7-10(6-16-17)11(12,13)14/h6-9,15H,4-5H2,1-3H3. The Bertz CT molecular complexity index is 346. The van der Waals surface area contributed by atoms with Crippen LogP contribution in [0.25, 0.3) is 0 Å². The molecule has 0 aromatic carbocycles. The fraction of sp³-hybridized carbons (Fsp3) is 0.727. The molecule has 1 rings (SSSR count). The molecule has 0 saturated carbocycles. The van der Waals surface area contributed by atoms with Crippen molar-refractivity contribution in [2.24, 2.45) is 5.92 Å². The van der Waals surface area contributed by atoms with Gasteiger partial charge in [-0.3, -0.25) is 4.68 Å². The smallest absolute Gasteiger partial charge is 0.317 e. The van der Waals surface area contributed by atoms with E-state index in [9.17, 15) is 13.2 Å². The molecule has 0 aliphatic rings. The number of nitrogens with zero attached hydrogens (tertiary/aromatic N) is 2. The van der Waals surface area contributed by atoms with Gasteiger partial charge < -0.3 is 5.32 Å².